The third-order valence-corrected chi connectivity index (χ3v) is 4.83. The van der Waals surface area contributed by atoms with Gasteiger partial charge in [-0.25, -0.2) is 0 Å². The fourth-order valence-electron chi connectivity index (χ4n) is 2.87. The van der Waals surface area contributed by atoms with Gasteiger partial charge >= 0.3 is 0 Å². The van der Waals surface area contributed by atoms with Crippen LogP contribution in [0.3, 0.4) is 0 Å². The van der Waals surface area contributed by atoms with Crippen molar-refractivity contribution in [2.24, 2.45) is 0 Å². The van der Waals surface area contributed by atoms with Gasteiger partial charge in [-0.3, -0.25) is 4.79 Å². The van der Waals surface area contributed by atoms with E-state index >= 15 is 0 Å². The lowest BCUT2D eigenvalue weighted by Crippen LogP contribution is -2.38. The standard InChI is InChI=1S/C16H21BrO4/c1-20-12-8-7-11(14(21-2)13(12)17)15(18)16(19)9-5-3-4-6-10-16/h7-8,19H,3-6,9-10H2,1-2H3. The molecule has 0 unspecified atom stereocenters. The van der Waals surface area contributed by atoms with Crippen molar-refractivity contribution in [2.45, 2.75) is 44.1 Å². The van der Waals surface area contributed by atoms with Crippen LogP contribution in [0.5, 0.6) is 11.5 Å². The average molecular weight is 357 g/mol. The first-order chi connectivity index (χ1) is 10.0. The number of hydrogen-bond acceptors (Lipinski definition) is 4. The van der Waals surface area contributed by atoms with Crippen molar-refractivity contribution in [3.8, 4) is 11.5 Å². The van der Waals surface area contributed by atoms with Crippen molar-refractivity contribution < 1.29 is 19.4 Å². The van der Waals surface area contributed by atoms with Gasteiger partial charge in [0.15, 0.2) is 5.78 Å². The first-order valence-corrected chi connectivity index (χ1v) is 8.00. The van der Waals surface area contributed by atoms with Crippen molar-refractivity contribution >= 4 is 21.7 Å². The van der Waals surface area contributed by atoms with Crippen molar-refractivity contribution in [3.63, 3.8) is 0 Å². The second-order valence-corrected chi connectivity index (χ2v) is 6.23. The van der Waals surface area contributed by atoms with Gasteiger partial charge in [-0.1, -0.05) is 25.7 Å². The van der Waals surface area contributed by atoms with Crippen LogP contribution in [0.15, 0.2) is 16.6 Å². The largest absolute Gasteiger partial charge is 0.495 e. The van der Waals surface area contributed by atoms with E-state index in [0.29, 0.717) is 34.4 Å². The Kier molecular flexibility index (Phi) is 5.27. The Labute approximate surface area is 133 Å². The highest BCUT2D eigenvalue weighted by Gasteiger charge is 2.38. The van der Waals surface area contributed by atoms with E-state index in [4.69, 9.17) is 9.47 Å². The fraction of sp³-hybridized carbons (Fsp3) is 0.562. The fourth-order valence-corrected chi connectivity index (χ4v) is 3.53. The van der Waals surface area contributed by atoms with E-state index in [0.717, 1.165) is 25.7 Å². The molecular weight excluding hydrogens is 336 g/mol. The van der Waals surface area contributed by atoms with E-state index in [1.807, 2.05) is 0 Å². The lowest BCUT2D eigenvalue weighted by molar-refractivity contribution is 0.0235. The monoisotopic (exact) mass is 356 g/mol. The van der Waals surface area contributed by atoms with Gasteiger partial charge in [-0.2, -0.15) is 0 Å². The zero-order valence-corrected chi connectivity index (χ0v) is 14.0. The maximum absolute atomic E-state index is 12.8. The van der Waals surface area contributed by atoms with E-state index in [1.165, 1.54) is 7.11 Å². The maximum Gasteiger partial charge on any atom is 0.198 e. The van der Waals surface area contributed by atoms with Crippen molar-refractivity contribution in [1.82, 2.24) is 0 Å². The minimum Gasteiger partial charge on any atom is -0.495 e. The van der Waals surface area contributed by atoms with Gasteiger partial charge in [-0.05, 0) is 40.9 Å². The smallest absolute Gasteiger partial charge is 0.198 e. The van der Waals surface area contributed by atoms with Gasteiger partial charge in [0.05, 0.1) is 19.8 Å². The van der Waals surface area contributed by atoms with Gasteiger partial charge in [0.25, 0.3) is 0 Å². The summed E-state index contributed by atoms with van der Waals surface area (Å²) in [6.45, 7) is 0. The topological polar surface area (TPSA) is 55.8 Å². The first-order valence-electron chi connectivity index (χ1n) is 7.21. The molecule has 0 aliphatic heterocycles. The van der Waals surface area contributed by atoms with Gasteiger partial charge in [-0.15, -0.1) is 0 Å². The first kappa shape index (κ1) is 16.3. The number of carbonyl (C=O) groups excluding carboxylic acids is 1. The molecule has 0 heterocycles. The Morgan fingerprint density at radius 1 is 1.14 bits per heavy atom. The molecule has 0 amide bonds. The Bertz CT molecular complexity index is 519. The van der Waals surface area contributed by atoms with E-state index in [2.05, 4.69) is 15.9 Å². The molecule has 1 aromatic carbocycles. The lowest BCUT2D eigenvalue weighted by atomic mass is 9.86. The molecule has 1 fully saturated rings. The minimum atomic E-state index is -1.28. The van der Waals surface area contributed by atoms with E-state index in [-0.39, 0.29) is 5.78 Å². The summed E-state index contributed by atoms with van der Waals surface area (Å²) in [7, 11) is 3.06. The summed E-state index contributed by atoms with van der Waals surface area (Å²) < 4.78 is 11.2. The summed E-state index contributed by atoms with van der Waals surface area (Å²) in [6, 6.07) is 3.37. The van der Waals surface area contributed by atoms with Gasteiger partial charge in [0.2, 0.25) is 0 Å². The number of benzene rings is 1. The summed E-state index contributed by atoms with van der Waals surface area (Å²) in [4.78, 5) is 12.8. The Morgan fingerprint density at radius 2 is 1.76 bits per heavy atom. The van der Waals surface area contributed by atoms with Crippen LogP contribution in [-0.4, -0.2) is 30.7 Å². The molecule has 1 aliphatic rings. The highest BCUT2D eigenvalue weighted by Crippen LogP contribution is 2.40. The number of aliphatic hydroxyl groups is 1. The molecule has 2 rings (SSSR count). The molecule has 0 saturated heterocycles. The van der Waals surface area contributed by atoms with E-state index < -0.39 is 5.60 Å². The minimum absolute atomic E-state index is 0.260. The zero-order chi connectivity index (χ0) is 15.5. The van der Waals surface area contributed by atoms with Crippen molar-refractivity contribution in [3.05, 3.63) is 22.2 Å². The van der Waals surface area contributed by atoms with Crippen molar-refractivity contribution in [2.75, 3.05) is 14.2 Å². The third kappa shape index (κ3) is 3.24. The molecule has 1 aromatic rings. The van der Waals surface area contributed by atoms with E-state index in [9.17, 15) is 9.90 Å². The highest BCUT2D eigenvalue weighted by atomic mass is 79.9. The molecule has 0 aromatic heterocycles. The maximum atomic E-state index is 12.8. The molecule has 116 valence electrons. The van der Waals surface area contributed by atoms with Crippen molar-refractivity contribution in [1.29, 1.82) is 0 Å². The average Bonchev–Trinajstić information content (AvgIpc) is 2.72. The molecule has 4 nitrogen and oxygen atoms in total. The Hall–Kier alpha value is -1.07. The van der Waals surface area contributed by atoms with Crippen LogP contribution in [-0.2, 0) is 0 Å². The molecule has 0 spiro atoms. The van der Waals surface area contributed by atoms with Gasteiger partial charge in [0.1, 0.15) is 21.6 Å². The van der Waals surface area contributed by atoms with Crippen LogP contribution in [0, 0.1) is 0 Å². The molecular formula is C16H21BrO4. The van der Waals surface area contributed by atoms with Crippen LogP contribution in [0.25, 0.3) is 0 Å². The predicted octanol–water partition coefficient (Wildman–Crippen LogP) is 3.73. The van der Waals surface area contributed by atoms with Gasteiger partial charge in [0, 0.05) is 0 Å². The number of ketones is 1. The summed E-state index contributed by atoms with van der Waals surface area (Å²) >= 11 is 3.39. The SMILES string of the molecule is COc1ccc(C(=O)C2(O)CCCCCC2)c(OC)c1Br. The Balaban J connectivity index is 2.40. The van der Waals surface area contributed by atoms with Crippen LogP contribution in [0.2, 0.25) is 0 Å². The molecule has 1 saturated carbocycles. The third-order valence-electron chi connectivity index (χ3n) is 4.08. The normalized spacial score (nSPS) is 17.9. The number of carbonyl (C=O) groups is 1. The van der Waals surface area contributed by atoms with Crippen LogP contribution in [0.4, 0.5) is 0 Å². The number of hydrogen-bond donors (Lipinski definition) is 1. The zero-order valence-electron chi connectivity index (χ0n) is 12.4. The molecule has 0 radical (unpaired) electrons. The number of ether oxygens (including phenoxy) is 2. The molecule has 1 N–H and O–H groups in total. The summed E-state index contributed by atoms with van der Waals surface area (Å²) in [5.41, 5.74) is -0.882. The number of Topliss-reactive ketones (excluding diaryl/α,β-unsaturated/α-hetero) is 1. The molecule has 0 atom stereocenters. The quantitative estimate of drug-likeness (QED) is 0.659. The second-order valence-electron chi connectivity index (χ2n) is 5.44. The van der Waals surface area contributed by atoms with Gasteiger partial charge < -0.3 is 14.6 Å². The number of halogens is 1. The predicted molar refractivity (Wildman–Crippen MR) is 84.2 cm³/mol. The molecule has 5 heteroatoms. The number of rotatable bonds is 4. The lowest BCUT2D eigenvalue weighted by Gasteiger charge is -2.26. The molecule has 1 aliphatic carbocycles. The van der Waals surface area contributed by atoms with Crippen LogP contribution in [0.1, 0.15) is 48.9 Å². The van der Waals surface area contributed by atoms with E-state index in [1.54, 1.807) is 19.2 Å². The number of methoxy groups -OCH3 is 2. The summed E-state index contributed by atoms with van der Waals surface area (Å²) in [6.07, 6.45) is 4.92. The summed E-state index contributed by atoms with van der Waals surface area (Å²) in [5.74, 6) is 0.748. The van der Waals surface area contributed by atoms with Crippen LogP contribution < -0.4 is 9.47 Å². The Morgan fingerprint density at radius 3 is 2.29 bits per heavy atom. The molecule has 0 bridgehead atoms. The second kappa shape index (κ2) is 6.79. The molecule has 21 heavy (non-hydrogen) atoms. The highest BCUT2D eigenvalue weighted by molar-refractivity contribution is 9.10. The van der Waals surface area contributed by atoms with Crippen LogP contribution >= 0.6 is 15.9 Å². The summed E-state index contributed by atoms with van der Waals surface area (Å²) in [5, 5.41) is 10.8.